The van der Waals surface area contributed by atoms with Gasteiger partial charge >= 0.3 is 0 Å². The Morgan fingerprint density at radius 2 is 1.80 bits per heavy atom. The fourth-order valence-corrected chi connectivity index (χ4v) is 3.57. The van der Waals surface area contributed by atoms with Crippen LogP contribution in [0.2, 0.25) is 0 Å². The van der Waals surface area contributed by atoms with E-state index in [0.717, 1.165) is 17.0 Å². The van der Waals surface area contributed by atoms with Crippen molar-refractivity contribution in [2.75, 3.05) is 11.1 Å². The normalized spacial score (nSPS) is 10.6. The van der Waals surface area contributed by atoms with Gasteiger partial charge in [0.05, 0.1) is 5.75 Å². The number of benzene rings is 3. The van der Waals surface area contributed by atoms with Gasteiger partial charge in [-0.25, -0.2) is 0 Å². The van der Waals surface area contributed by atoms with Gasteiger partial charge in [0.1, 0.15) is 17.8 Å². The summed E-state index contributed by atoms with van der Waals surface area (Å²) in [5.41, 5.74) is 2.80. The molecule has 1 amide bonds. The number of thioether (sulfide) groups is 1. The van der Waals surface area contributed by atoms with Gasteiger partial charge in [0.15, 0.2) is 5.16 Å². The Balaban J connectivity index is 1.32. The number of aryl methyl sites for hydroxylation is 1. The highest BCUT2D eigenvalue weighted by Gasteiger charge is 2.10. The van der Waals surface area contributed by atoms with Crippen molar-refractivity contribution in [3.8, 4) is 17.2 Å². The highest BCUT2D eigenvalue weighted by atomic mass is 32.2. The van der Waals surface area contributed by atoms with Crippen molar-refractivity contribution in [1.82, 2.24) is 14.8 Å². The molecule has 7 heteroatoms. The number of rotatable bonds is 7. The van der Waals surface area contributed by atoms with Crippen LogP contribution in [0.15, 0.2) is 90.3 Å². The predicted octanol–water partition coefficient (Wildman–Crippen LogP) is 5.10. The molecule has 0 fully saturated rings. The summed E-state index contributed by atoms with van der Waals surface area (Å²) in [5.74, 6) is 1.61. The largest absolute Gasteiger partial charge is 0.457 e. The average molecular weight is 417 g/mol. The first kappa shape index (κ1) is 19.7. The molecule has 0 saturated carbocycles. The first-order chi connectivity index (χ1) is 14.7. The van der Waals surface area contributed by atoms with E-state index in [2.05, 4.69) is 15.5 Å². The summed E-state index contributed by atoms with van der Waals surface area (Å²) < 4.78 is 7.69. The van der Waals surface area contributed by atoms with Crippen LogP contribution >= 0.6 is 11.8 Å². The molecule has 3 aromatic carbocycles. The molecule has 6 nitrogen and oxygen atoms in total. The molecule has 1 aromatic heterocycles. The van der Waals surface area contributed by atoms with Crippen molar-refractivity contribution in [3.05, 3.63) is 90.8 Å². The molecule has 1 N–H and O–H groups in total. The molecule has 1 heterocycles. The number of amides is 1. The van der Waals surface area contributed by atoms with E-state index in [1.165, 1.54) is 11.8 Å². The quantitative estimate of drug-likeness (QED) is 0.425. The Bertz CT molecular complexity index is 1130. The number of anilines is 1. The number of carbonyl (C=O) groups is 1. The van der Waals surface area contributed by atoms with Crippen molar-refractivity contribution in [2.45, 2.75) is 12.1 Å². The summed E-state index contributed by atoms with van der Waals surface area (Å²) >= 11 is 1.33. The van der Waals surface area contributed by atoms with Crippen LogP contribution < -0.4 is 10.1 Å². The van der Waals surface area contributed by atoms with Gasteiger partial charge in [-0.3, -0.25) is 9.36 Å². The van der Waals surface area contributed by atoms with Gasteiger partial charge < -0.3 is 10.1 Å². The Kier molecular flexibility index (Phi) is 6.10. The number of nitrogens with zero attached hydrogens (tertiary/aromatic N) is 3. The number of nitrogens with one attached hydrogen (secondary N) is 1. The zero-order valence-corrected chi connectivity index (χ0v) is 17.2. The van der Waals surface area contributed by atoms with Gasteiger partial charge in [0.2, 0.25) is 5.91 Å². The lowest BCUT2D eigenvalue weighted by Gasteiger charge is -2.09. The number of aromatic nitrogens is 3. The molecular weight excluding hydrogens is 396 g/mol. The van der Waals surface area contributed by atoms with Gasteiger partial charge in [-0.05, 0) is 61.0 Å². The minimum atomic E-state index is -0.116. The molecule has 0 spiro atoms. The molecule has 0 bridgehead atoms. The maximum absolute atomic E-state index is 12.3. The summed E-state index contributed by atoms with van der Waals surface area (Å²) in [4.78, 5) is 12.3. The molecule has 0 radical (unpaired) electrons. The molecule has 0 aliphatic heterocycles. The molecule has 0 aliphatic carbocycles. The van der Waals surface area contributed by atoms with E-state index in [4.69, 9.17) is 4.74 Å². The zero-order valence-electron chi connectivity index (χ0n) is 16.4. The van der Waals surface area contributed by atoms with Crippen molar-refractivity contribution in [1.29, 1.82) is 0 Å². The van der Waals surface area contributed by atoms with Crippen LogP contribution in [0.4, 0.5) is 5.69 Å². The van der Waals surface area contributed by atoms with Crippen molar-refractivity contribution in [2.24, 2.45) is 0 Å². The summed E-state index contributed by atoms with van der Waals surface area (Å²) in [6.07, 6.45) is 1.64. The molecule has 4 aromatic rings. The first-order valence-electron chi connectivity index (χ1n) is 9.40. The second kappa shape index (κ2) is 9.28. The Morgan fingerprint density at radius 1 is 1.00 bits per heavy atom. The van der Waals surface area contributed by atoms with Crippen LogP contribution in [0.25, 0.3) is 5.69 Å². The minimum Gasteiger partial charge on any atom is -0.457 e. The average Bonchev–Trinajstić information content (AvgIpc) is 3.23. The fourth-order valence-electron chi connectivity index (χ4n) is 2.84. The van der Waals surface area contributed by atoms with Gasteiger partial charge in [0.25, 0.3) is 0 Å². The van der Waals surface area contributed by atoms with Crippen LogP contribution in [0.1, 0.15) is 5.56 Å². The molecule has 30 heavy (non-hydrogen) atoms. The third-order valence-corrected chi connectivity index (χ3v) is 5.19. The molecule has 150 valence electrons. The van der Waals surface area contributed by atoms with Crippen LogP contribution in [0.3, 0.4) is 0 Å². The Hall–Kier alpha value is -3.58. The zero-order chi connectivity index (χ0) is 20.8. The Morgan fingerprint density at radius 3 is 2.57 bits per heavy atom. The smallest absolute Gasteiger partial charge is 0.234 e. The summed E-state index contributed by atoms with van der Waals surface area (Å²) in [6.45, 7) is 2.02. The highest BCUT2D eigenvalue weighted by molar-refractivity contribution is 7.99. The van der Waals surface area contributed by atoms with Crippen molar-refractivity contribution >= 4 is 23.4 Å². The lowest BCUT2D eigenvalue weighted by atomic mass is 10.2. The van der Waals surface area contributed by atoms with Crippen molar-refractivity contribution in [3.63, 3.8) is 0 Å². The SMILES string of the molecule is Cc1cccc(Oc2ccc(NC(=O)CSc3nncn3-c3ccccc3)cc2)c1. The number of hydrogen-bond donors (Lipinski definition) is 1. The number of para-hydroxylation sites is 1. The number of ether oxygens (including phenoxy) is 1. The van der Waals surface area contributed by atoms with E-state index in [1.54, 1.807) is 6.33 Å². The highest BCUT2D eigenvalue weighted by Crippen LogP contribution is 2.24. The van der Waals surface area contributed by atoms with Gasteiger partial charge in [0, 0.05) is 11.4 Å². The molecule has 4 rings (SSSR count). The molecular formula is C23H20N4O2S. The van der Waals surface area contributed by atoms with Crippen LogP contribution in [0, 0.1) is 6.92 Å². The van der Waals surface area contributed by atoms with E-state index in [9.17, 15) is 4.79 Å². The lowest BCUT2D eigenvalue weighted by Crippen LogP contribution is -2.14. The maximum Gasteiger partial charge on any atom is 0.234 e. The second-order valence-corrected chi connectivity index (χ2v) is 7.54. The van der Waals surface area contributed by atoms with Crippen LogP contribution in [-0.2, 0) is 4.79 Å². The third kappa shape index (κ3) is 5.07. The van der Waals surface area contributed by atoms with Crippen LogP contribution in [-0.4, -0.2) is 26.4 Å². The number of carbonyl (C=O) groups excluding carboxylic acids is 1. The summed E-state index contributed by atoms with van der Waals surface area (Å²) in [5, 5.41) is 11.6. The third-order valence-electron chi connectivity index (χ3n) is 4.25. The fraction of sp³-hybridized carbons (Fsp3) is 0.0870. The maximum atomic E-state index is 12.3. The van der Waals surface area contributed by atoms with Gasteiger partial charge in [-0.1, -0.05) is 42.1 Å². The van der Waals surface area contributed by atoms with Crippen molar-refractivity contribution < 1.29 is 9.53 Å². The standard InChI is InChI=1S/C23H20N4O2S/c1-17-6-5-9-21(14-17)29-20-12-10-18(11-13-20)25-22(28)15-30-23-26-24-16-27(23)19-7-3-2-4-8-19/h2-14,16H,15H2,1H3,(H,25,28). The van der Waals surface area contributed by atoms with E-state index in [0.29, 0.717) is 16.6 Å². The molecule has 0 saturated heterocycles. The van der Waals surface area contributed by atoms with E-state index in [-0.39, 0.29) is 11.7 Å². The minimum absolute atomic E-state index is 0.116. The first-order valence-corrected chi connectivity index (χ1v) is 10.4. The monoisotopic (exact) mass is 416 g/mol. The van der Waals surface area contributed by atoms with E-state index in [1.807, 2.05) is 90.4 Å². The second-order valence-electron chi connectivity index (χ2n) is 6.60. The summed E-state index contributed by atoms with van der Waals surface area (Å²) in [6, 6.07) is 24.9. The molecule has 0 aliphatic rings. The van der Waals surface area contributed by atoms with Gasteiger partial charge in [-0.2, -0.15) is 0 Å². The molecule has 0 atom stereocenters. The molecule has 0 unspecified atom stereocenters. The van der Waals surface area contributed by atoms with E-state index >= 15 is 0 Å². The van der Waals surface area contributed by atoms with E-state index < -0.39 is 0 Å². The summed E-state index contributed by atoms with van der Waals surface area (Å²) in [7, 11) is 0. The van der Waals surface area contributed by atoms with Gasteiger partial charge in [-0.15, -0.1) is 10.2 Å². The predicted molar refractivity (Wildman–Crippen MR) is 118 cm³/mol. The Labute approximate surface area is 178 Å². The topological polar surface area (TPSA) is 69.0 Å². The lowest BCUT2D eigenvalue weighted by molar-refractivity contribution is -0.113. The van der Waals surface area contributed by atoms with Crippen LogP contribution in [0.5, 0.6) is 11.5 Å². The number of hydrogen-bond acceptors (Lipinski definition) is 5.